The molecule has 0 radical (unpaired) electrons. The van der Waals surface area contributed by atoms with Gasteiger partial charge in [0.1, 0.15) is 17.7 Å². The van der Waals surface area contributed by atoms with E-state index >= 15 is 0 Å². The number of amides is 3. The van der Waals surface area contributed by atoms with Gasteiger partial charge in [-0.15, -0.1) is 0 Å². The smallest absolute Gasteiger partial charge is 0.321 e. The number of carbonyl (C=O) groups is 2. The predicted octanol–water partition coefficient (Wildman–Crippen LogP) is 3.20. The standard InChI is InChI=1S/C19H21F2N3O2/c1-3-22-19(26)24-18(25)17(13-7-5-4-6-8-13)23-12(2)15-10-9-14(20)11-16(15)21/h4-12,17,23H,3H2,1-2H3,(H2,22,24,25,26)/t12-,17-/m1/s1. The Bertz CT molecular complexity index is 769. The lowest BCUT2D eigenvalue weighted by Gasteiger charge is -2.23. The highest BCUT2D eigenvalue weighted by atomic mass is 19.1. The van der Waals surface area contributed by atoms with Gasteiger partial charge in [0, 0.05) is 24.2 Å². The van der Waals surface area contributed by atoms with Gasteiger partial charge in [0.25, 0.3) is 0 Å². The van der Waals surface area contributed by atoms with Crippen LogP contribution in [-0.2, 0) is 4.79 Å². The van der Waals surface area contributed by atoms with Crippen LogP contribution in [-0.4, -0.2) is 18.5 Å². The summed E-state index contributed by atoms with van der Waals surface area (Å²) in [7, 11) is 0. The van der Waals surface area contributed by atoms with E-state index in [-0.39, 0.29) is 5.56 Å². The summed E-state index contributed by atoms with van der Waals surface area (Å²) < 4.78 is 27.1. The van der Waals surface area contributed by atoms with Crippen molar-refractivity contribution in [1.29, 1.82) is 0 Å². The summed E-state index contributed by atoms with van der Waals surface area (Å²) in [6, 6.07) is 9.94. The van der Waals surface area contributed by atoms with Crippen LogP contribution in [0.25, 0.3) is 0 Å². The van der Waals surface area contributed by atoms with Gasteiger partial charge >= 0.3 is 6.03 Å². The molecule has 2 rings (SSSR count). The van der Waals surface area contributed by atoms with E-state index in [2.05, 4.69) is 16.0 Å². The summed E-state index contributed by atoms with van der Waals surface area (Å²) in [6.45, 7) is 3.77. The SMILES string of the molecule is CCNC(=O)NC(=O)[C@H](N[C@H](C)c1ccc(F)cc1F)c1ccccc1. The fraction of sp³-hybridized carbons (Fsp3) is 0.263. The molecule has 0 saturated carbocycles. The van der Waals surface area contributed by atoms with Gasteiger partial charge in [-0.25, -0.2) is 13.6 Å². The minimum Gasteiger partial charge on any atom is -0.338 e. The quantitative estimate of drug-likeness (QED) is 0.740. The summed E-state index contributed by atoms with van der Waals surface area (Å²) in [4.78, 5) is 24.2. The normalized spacial score (nSPS) is 12.9. The van der Waals surface area contributed by atoms with Crippen molar-refractivity contribution in [2.24, 2.45) is 0 Å². The molecule has 0 bridgehead atoms. The van der Waals surface area contributed by atoms with E-state index in [0.29, 0.717) is 12.1 Å². The van der Waals surface area contributed by atoms with Crippen LogP contribution in [0.5, 0.6) is 0 Å². The number of nitrogens with one attached hydrogen (secondary N) is 3. The highest BCUT2D eigenvalue weighted by molar-refractivity contribution is 5.97. The van der Waals surface area contributed by atoms with Crippen LogP contribution in [0.15, 0.2) is 48.5 Å². The van der Waals surface area contributed by atoms with Gasteiger partial charge in [-0.1, -0.05) is 36.4 Å². The van der Waals surface area contributed by atoms with Crippen molar-refractivity contribution in [3.63, 3.8) is 0 Å². The first kappa shape index (κ1) is 19.5. The van der Waals surface area contributed by atoms with Crippen LogP contribution < -0.4 is 16.0 Å². The number of carbonyl (C=O) groups excluding carboxylic acids is 2. The molecule has 3 amide bonds. The number of halogens is 2. The second kappa shape index (κ2) is 9.05. The van der Waals surface area contributed by atoms with E-state index in [1.807, 2.05) is 0 Å². The van der Waals surface area contributed by atoms with Crippen LogP contribution in [0, 0.1) is 11.6 Å². The monoisotopic (exact) mass is 361 g/mol. The summed E-state index contributed by atoms with van der Waals surface area (Å²) in [6.07, 6.45) is 0. The molecule has 0 aromatic heterocycles. The molecule has 0 aliphatic carbocycles. The molecular formula is C19H21F2N3O2. The molecule has 0 saturated heterocycles. The van der Waals surface area contributed by atoms with Gasteiger partial charge in [-0.05, 0) is 25.5 Å². The minimum absolute atomic E-state index is 0.221. The fourth-order valence-electron chi connectivity index (χ4n) is 2.55. The van der Waals surface area contributed by atoms with Crippen molar-refractivity contribution in [2.75, 3.05) is 6.54 Å². The van der Waals surface area contributed by atoms with Gasteiger partial charge in [-0.2, -0.15) is 0 Å². The van der Waals surface area contributed by atoms with Crippen molar-refractivity contribution in [3.05, 3.63) is 71.3 Å². The zero-order valence-corrected chi connectivity index (χ0v) is 14.6. The van der Waals surface area contributed by atoms with Crippen molar-refractivity contribution in [2.45, 2.75) is 25.9 Å². The van der Waals surface area contributed by atoms with E-state index in [1.165, 1.54) is 6.07 Å². The molecule has 0 unspecified atom stereocenters. The number of urea groups is 1. The van der Waals surface area contributed by atoms with Gasteiger partial charge in [0.2, 0.25) is 5.91 Å². The Morgan fingerprint density at radius 1 is 1.08 bits per heavy atom. The largest absolute Gasteiger partial charge is 0.338 e. The average Bonchev–Trinajstić information content (AvgIpc) is 2.60. The first-order chi connectivity index (χ1) is 12.4. The van der Waals surface area contributed by atoms with Crippen LogP contribution in [0.2, 0.25) is 0 Å². The van der Waals surface area contributed by atoms with Crippen LogP contribution in [0.1, 0.15) is 37.1 Å². The van der Waals surface area contributed by atoms with Gasteiger partial charge in [0.15, 0.2) is 0 Å². The number of hydrogen-bond acceptors (Lipinski definition) is 3. The number of hydrogen-bond donors (Lipinski definition) is 3. The third-order valence-electron chi connectivity index (χ3n) is 3.81. The lowest BCUT2D eigenvalue weighted by Crippen LogP contribution is -2.45. The van der Waals surface area contributed by atoms with E-state index in [1.54, 1.807) is 44.2 Å². The molecule has 2 atom stereocenters. The summed E-state index contributed by atoms with van der Waals surface area (Å²) in [5.41, 5.74) is 0.835. The third-order valence-corrected chi connectivity index (χ3v) is 3.81. The topological polar surface area (TPSA) is 70.2 Å². The molecule has 0 aliphatic rings. The fourth-order valence-corrected chi connectivity index (χ4v) is 2.55. The number of rotatable bonds is 6. The molecular weight excluding hydrogens is 340 g/mol. The van der Waals surface area contributed by atoms with E-state index in [0.717, 1.165) is 12.1 Å². The second-order valence-corrected chi connectivity index (χ2v) is 5.75. The maximum atomic E-state index is 14.0. The number of imide groups is 1. The summed E-state index contributed by atoms with van der Waals surface area (Å²) in [5.74, 6) is -1.95. The van der Waals surface area contributed by atoms with Gasteiger partial charge in [0.05, 0.1) is 0 Å². The third kappa shape index (κ3) is 5.10. The van der Waals surface area contributed by atoms with Crippen molar-refractivity contribution < 1.29 is 18.4 Å². The molecule has 7 heteroatoms. The minimum atomic E-state index is -0.891. The van der Waals surface area contributed by atoms with Crippen molar-refractivity contribution in [1.82, 2.24) is 16.0 Å². The predicted molar refractivity (Wildman–Crippen MR) is 94.3 cm³/mol. The molecule has 2 aromatic rings. The molecule has 0 heterocycles. The van der Waals surface area contributed by atoms with Crippen molar-refractivity contribution >= 4 is 11.9 Å². The molecule has 3 N–H and O–H groups in total. The molecule has 0 aliphatic heterocycles. The average molecular weight is 361 g/mol. The van der Waals surface area contributed by atoms with E-state index in [4.69, 9.17) is 0 Å². The Kier molecular flexibility index (Phi) is 6.80. The Morgan fingerprint density at radius 3 is 2.38 bits per heavy atom. The zero-order valence-electron chi connectivity index (χ0n) is 14.6. The molecule has 138 valence electrons. The Labute approximate surface area is 150 Å². The Balaban J connectivity index is 2.23. The first-order valence-electron chi connectivity index (χ1n) is 8.27. The molecule has 2 aromatic carbocycles. The Hall–Kier alpha value is -2.80. The Morgan fingerprint density at radius 2 is 1.77 bits per heavy atom. The van der Waals surface area contributed by atoms with Crippen LogP contribution >= 0.6 is 0 Å². The lowest BCUT2D eigenvalue weighted by molar-refractivity contribution is -0.122. The highest BCUT2D eigenvalue weighted by Gasteiger charge is 2.25. The van der Waals surface area contributed by atoms with Crippen LogP contribution in [0.3, 0.4) is 0 Å². The molecule has 26 heavy (non-hydrogen) atoms. The zero-order chi connectivity index (χ0) is 19.1. The first-order valence-corrected chi connectivity index (χ1v) is 8.27. The molecule has 5 nitrogen and oxygen atoms in total. The second-order valence-electron chi connectivity index (χ2n) is 5.75. The van der Waals surface area contributed by atoms with Gasteiger partial charge < -0.3 is 5.32 Å². The number of benzene rings is 2. The maximum absolute atomic E-state index is 14.0. The highest BCUT2D eigenvalue weighted by Crippen LogP contribution is 2.22. The van der Waals surface area contributed by atoms with Crippen molar-refractivity contribution in [3.8, 4) is 0 Å². The van der Waals surface area contributed by atoms with Crippen LogP contribution in [0.4, 0.5) is 13.6 Å². The summed E-state index contributed by atoms with van der Waals surface area (Å²) >= 11 is 0. The lowest BCUT2D eigenvalue weighted by atomic mass is 10.0. The summed E-state index contributed by atoms with van der Waals surface area (Å²) in [5, 5.41) is 7.74. The molecule has 0 fully saturated rings. The molecule has 0 spiro atoms. The van der Waals surface area contributed by atoms with E-state index in [9.17, 15) is 18.4 Å². The maximum Gasteiger partial charge on any atom is 0.321 e. The van der Waals surface area contributed by atoms with E-state index < -0.39 is 35.7 Å². The van der Waals surface area contributed by atoms with Gasteiger partial charge in [-0.3, -0.25) is 15.4 Å².